The van der Waals surface area contributed by atoms with Crippen molar-refractivity contribution in [2.24, 2.45) is 0 Å². The Kier molecular flexibility index (Phi) is 4.76. The van der Waals surface area contributed by atoms with Crippen LogP contribution in [0.25, 0.3) is 0 Å². The maximum Gasteiger partial charge on any atom is 0.260 e. The average molecular weight is 312 g/mol. The summed E-state index contributed by atoms with van der Waals surface area (Å²) in [5.41, 5.74) is 1.37. The van der Waals surface area contributed by atoms with Crippen LogP contribution < -0.4 is 10.0 Å². The van der Waals surface area contributed by atoms with Crippen molar-refractivity contribution in [1.29, 1.82) is 0 Å². The molecule has 8 nitrogen and oxygen atoms in total. The normalized spacial score (nSPS) is 13.5. The van der Waals surface area contributed by atoms with E-state index in [-0.39, 0.29) is 5.03 Å². The molecule has 0 amide bonds. The van der Waals surface area contributed by atoms with Crippen LogP contribution in [0.5, 0.6) is 0 Å². The Hall–Kier alpha value is -1.71. The number of aryl methyl sites for hydroxylation is 1. The lowest BCUT2D eigenvalue weighted by Crippen LogP contribution is -2.30. The molecule has 0 aliphatic heterocycles. The number of aromatic amines is 2. The van der Waals surface area contributed by atoms with Crippen molar-refractivity contribution in [1.82, 2.24) is 30.2 Å². The van der Waals surface area contributed by atoms with Crippen molar-refractivity contribution >= 4 is 10.0 Å². The van der Waals surface area contributed by atoms with Crippen LogP contribution in [0.15, 0.2) is 17.4 Å². The average Bonchev–Trinajstić information content (AvgIpc) is 3.08. The van der Waals surface area contributed by atoms with Gasteiger partial charge in [-0.2, -0.15) is 9.82 Å². The first-order chi connectivity index (χ1) is 9.99. The van der Waals surface area contributed by atoms with Gasteiger partial charge in [-0.15, -0.1) is 0 Å². The fourth-order valence-corrected chi connectivity index (χ4v) is 3.56. The molecule has 2 aromatic heterocycles. The number of nitrogens with zero attached hydrogens (tertiary/aromatic N) is 2. The van der Waals surface area contributed by atoms with Crippen molar-refractivity contribution in [3.63, 3.8) is 0 Å². The molecule has 2 rings (SSSR count). The van der Waals surface area contributed by atoms with Crippen LogP contribution in [0.4, 0.5) is 0 Å². The van der Waals surface area contributed by atoms with E-state index in [2.05, 4.69) is 30.2 Å². The van der Waals surface area contributed by atoms with Crippen LogP contribution in [0.2, 0.25) is 0 Å². The molecule has 2 heterocycles. The van der Waals surface area contributed by atoms with E-state index in [4.69, 9.17) is 0 Å². The van der Waals surface area contributed by atoms with Gasteiger partial charge in [0, 0.05) is 30.2 Å². The van der Waals surface area contributed by atoms with E-state index in [1.165, 1.54) is 0 Å². The minimum Gasteiger partial charge on any atom is -0.347 e. The summed E-state index contributed by atoms with van der Waals surface area (Å²) in [5, 5.41) is 9.62. The summed E-state index contributed by atoms with van der Waals surface area (Å²) in [7, 11) is -1.96. The third kappa shape index (κ3) is 3.31. The van der Waals surface area contributed by atoms with E-state index in [0.717, 1.165) is 5.69 Å². The molecular formula is C12H20N6O2S. The summed E-state index contributed by atoms with van der Waals surface area (Å²) in [6.45, 7) is 4.11. The lowest BCUT2D eigenvalue weighted by molar-refractivity contribution is 0.534. The maximum atomic E-state index is 12.5. The third-order valence-corrected chi connectivity index (χ3v) is 4.64. The number of aromatic nitrogens is 4. The highest BCUT2D eigenvalue weighted by Crippen LogP contribution is 2.20. The Morgan fingerprint density at radius 2 is 2.19 bits per heavy atom. The minimum absolute atomic E-state index is 0.0272. The highest BCUT2D eigenvalue weighted by Gasteiger charge is 2.27. The summed E-state index contributed by atoms with van der Waals surface area (Å²) >= 11 is 0. The van der Waals surface area contributed by atoms with Gasteiger partial charge in [0.2, 0.25) is 0 Å². The number of hydrogen-bond donors (Lipinski definition) is 4. The molecule has 1 atom stereocenters. The van der Waals surface area contributed by atoms with Crippen LogP contribution >= 0.6 is 0 Å². The third-order valence-electron chi connectivity index (χ3n) is 3.20. The summed E-state index contributed by atoms with van der Waals surface area (Å²) < 4.78 is 27.7. The summed E-state index contributed by atoms with van der Waals surface area (Å²) in [5.74, 6) is 0.587. The molecule has 9 heteroatoms. The number of H-pyrrole nitrogens is 2. The van der Waals surface area contributed by atoms with Crippen molar-refractivity contribution < 1.29 is 8.42 Å². The second-order valence-corrected chi connectivity index (χ2v) is 6.35. The Morgan fingerprint density at radius 1 is 1.43 bits per heavy atom. The second-order valence-electron chi connectivity index (χ2n) is 4.72. The van der Waals surface area contributed by atoms with E-state index in [1.807, 2.05) is 6.92 Å². The summed E-state index contributed by atoms with van der Waals surface area (Å²) in [6, 6.07) is -0.413. The van der Waals surface area contributed by atoms with E-state index >= 15 is 0 Å². The van der Waals surface area contributed by atoms with Crippen molar-refractivity contribution in [3.8, 4) is 0 Å². The van der Waals surface area contributed by atoms with Gasteiger partial charge in [-0.3, -0.25) is 5.10 Å². The summed E-state index contributed by atoms with van der Waals surface area (Å²) in [6.07, 6.45) is 3.84. The zero-order valence-electron chi connectivity index (χ0n) is 12.3. The van der Waals surface area contributed by atoms with Crippen LogP contribution in [0.1, 0.15) is 36.5 Å². The maximum absolute atomic E-state index is 12.5. The molecule has 0 aromatic carbocycles. The summed E-state index contributed by atoms with van der Waals surface area (Å²) in [4.78, 5) is 7.03. The molecule has 0 radical (unpaired) electrons. The zero-order chi connectivity index (χ0) is 15.5. The van der Waals surface area contributed by atoms with E-state index in [1.54, 1.807) is 26.4 Å². The van der Waals surface area contributed by atoms with Crippen LogP contribution in [0, 0.1) is 6.92 Å². The van der Waals surface area contributed by atoms with Crippen molar-refractivity contribution in [3.05, 3.63) is 29.5 Å². The first-order valence-corrected chi connectivity index (χ1v) is 8.18. The van der Waals surface area contributed by atoms with Gasteiger partial charge < -0.3 is 10.3 Å². The lowest BCUT2D eigenvalue weighted by Gasteiger charge is -2.14. The quantitative estimate of drug-likeness (QED) is 0.597. The highest BCUT2D eigenvalue weighted by atomic mass is 32.2. The predicted molar refractivity (Wildman–Crippen MR) is 78.0 cm³/mol. The predicted octanol–water partition coefficient (Wildman–Crippen LogP) is 0.590. The Bertz CT molecular complexity index is 677. The van der Waals surface area contributed by atoms with Gasteiger partial charge in [0.15, 0.2) is 5.03 Å². The fraction of sp³-hybridized carbons (Fsp3) is 0.500. The van der Waals surface area contributed by atoms with Crippen molar-refractivity contribution in [2.45, 2.75) is 37.9 Å². The SMILES string of the molecule is CCC(NS(=O)(=O)c1n[nH]c(C)c1CNC)c1ncc[nH]1. The molecule has 0 bridgehead atoms. The standard InChI is InChI=1S/C12H20N6O2S/c1-4-10(11-14-5-6-15-11)18-21(19,20)12-9(7-13-3)8(2)16-17-12/h5-6,10,13,18H,4,7H2,1-3H3,(H,14,15)(H,16,17). The number of sulfonamides is 1. The second kappa shape index (κ2) is 6.37. The molecule has 4 N–H and O–H groups in total. The van der Waals surface area contributed by atoms with Gasteiger partial charge in [-0.25, -0.2) is 13.4 Å². The van der Waals surface area contributed by atoms with Crippen molar-refractivity contribution in [2.75, 3.05) is 7.05 Å². The molecule has 0 fully saturated rings. The van der Waals surface area contributed by atoms with E-state index in [9.17, 15) is 8.42 Å². The molecular weight excluding hydrogens is 292 g/mol. The van der Waals surface area contributed by atoms with Gasteiger partial charge >= 0.3 is 0 Å². The smallest absolute Gasteiger partial charge is 0.260 e. The molecule has 0 spiro atoms. The molecule has 0 saturated heterocycles. The van der Waals surface area contributed by atoms with Gasteiger partial charge in [-0.05, 0) is 20.4 Å². The van der Waals surface area contributed by atoms with Crippen LogP contribution in [-0.2, 0) is 16.6 Å². The van der Waals surface area contributed by atoms with Gasteiger partial charge in [-0.1, -0.05) is 6.92 Å². The molecule has 0 aliphatic rings. The van der Waals surface area contributed by atoms with Gasteiger partial charge in [0.05, 0.1) is 6.04 Å². The Balaban J connectivity index is 2.30. The Labute approximate surface area is 123 Å². The number of hydrogen-bond acceptors (Lipinski definition) is 5. The molecule has 1 unspecified atom stereocenters. The molecule has 2 aromatic rings. The molecule has 116 valence electrons. The molecule has 21 heavy (non-hydrogen) atoms. The molecule has 0 aliphatic carbocycles. The van der Waals surface area contributed by atoms with E-state index < -0.39 is 16.1 Å². The van der Waals surface area contributed by atoms with Gasteiger partial charge in [0.25, 0.3) is 10.0 Å². The fourth-order valence-electron chi connectivity index (χ4n) is 2.08. The molecule has 0 saturated carbocycles. The number of nitrogens with one attached hydrogen (secondary N) is 4. The first kappa shape index (κ1) is 15.7. The largest absolute Gasteiger partial charge is 0.347 e. The van der Waals surface area contributed by atoms with Crippen LogP contribution in [-0.4, -0.2) is 35.6 Å². The monoisotopic (exact) mass is 312 g/mol. The lowest BCUT2D eigenvalue weighted by atomic mass is 10.2. The number of rotatable bonds is 7. The first-order valence-electron chi connectivity index (χ1n) is 6.69. The van der Waals surface area contributed by atoms with E-state index in [0.29, 0.717) is 24.4 Å². The zero-order valence-corrected chi connectivity index (χ0v) is 13.1. The number of imidazole rings is 1. The van der Waals surface area contributed by atoms with Gasteiger partial charge in [0.1, 0.15) is 5.82 Å². The Morgan fingerprint density at radius 3 is 2.76 bits per heavy atom. The highest BCUT2D eigenvalue weighted by molar-refractivity contribution is 7.89. The topological polar surface area (TPSA) is 116 Å². The minimum atomic E-state index is -3.72. The van der Waals surface area contributed by atoms with Crippen LogP contribution in [0.3, 0.4) is 0 Å².